The maximum absolute atomic E-state index is 12.8. The monoisotopic (exact) mass is 579 g/mol. The molecule has 0 aliphatic rings. The summed E-state index contributed by atoms with van der Waals surface area (Å²) in [5, 5.41) is 5.67. The lowest BCUT2D eigenvalue weighted by Crippen LogP contribution is -2.34. The Bertz CT molecular complexity index is 1230. The highest BCUT2D eigenvalue weighted by Crippen LogP contribution is 2.19. The average molecular weight is 579 g/mol. The summed E-state index contributed by atoms with van der Waals surface area (Å²) in [4.78, 5) is 12.6. The van der Waals surface area contributed by atoms with Crippen molar-refractivity contribution in [3.63, 3.8) is 0 Å². The number of nitrogens with zero attached hydrogens (tertiary/aromatic N) is 1. The highest BCUT2D eigenvalue weighted by atomic mass is 127. The number of benzene rings is 3. The summed E-state index contributed by atoms with van der Waals surface area (Å²) in [5.41, 5.74) is 3.07. The SMILES string of the molecule is Cc1ccc(C(=O)NC(=S)Nc2ccc(S(=O)(=O)N(C)Cc3ccccc3)cc2)cc1I. The van der Waals surface area contributed by atoms with Gasteiger partial charge in [0.2, 0.25) is 10.0 Å². The van der Waals surface area contributed by atoms with Gasteiger partial charge in [-0.3, -0.25) is 10.1 Å². The van der Waals surface area contributed by atoms with Gasteiger partial charge >= 0.3 is 0 Å². The smallest absolute Gasteiger partial charge is 0.257 e. The first-order chi connectivity index (χ1) is 15.2. The topological polar surface area (TPSA) is 78.5 Å². The Balaban J connectivity index is 1.62. The molecule has 32 heavy (non-hydrogen) atoms. The first-order valence-corrected chi connectivity index (χ1v) is 12.6. The molecule has 0 spiro atoms. The van der Waals surface area contributed by atoms with Crippen molar-refractivity contribution in [1.29, 1.82) is 0 Å². The van der Waals surface area contributed by atoms with E-state index in [0.717, 1.165) is 14.7 Å². The highest BCUT2D eigenvalue weighted by Gasteiger charge is 2.21. The van der Waals surface area contributed by atoms with Crippen LogP contribution in [0.5, 0.6) is 0 Å². The van der Waals surface area contributed by atoms with Gasteiger partial charge in [-0.05, 0) is 89.3 Å². The van der Waals surface area contributed by atoms with Gasteiger partial charge in [0, 0.05) is 28.4 Å². The summed E-state index contributed by atoms with van der Waals surface area (Å²) in [5.74, 6) is -0.317. The van der Waals surface area contributed by atoms with Crippen LogP contribution in [0.4, 0.5) is 5.69 Å². The molecule has 0 bridgehead atoms. The number of anilines is 1. The van der Waals surface area contributed by atoms with Gasteiger partial charge in [0.15, 0.2) is 5.11 Å². The number of hydrogen-bond acceptors (Lipinski definition) is 4. The van der Waals surface area contributed by atoms with Crippen LogP contribution >= 0.6 is 34.8 Å². The number of thiocarbonyl (C=S) groups is 1. The van der Waals surface area contributed by atoms with Crippen LogP contribution in [0.15, 0.2) is 77.7 Å². The Morgan fingerprint density at radius 2 is 1.69 bits per heavy atom. The lowest BCUT2D eigenvalue weighted by Gasteiger charge is -2.18. The van der Waals surface area contributed by atoms with Crippen LogP contribution < -0.4 is 10.6 Å². The van der Waals surface area contributed by atoms with Crippen LogP contribution in [0.3, 0.4) is 0 Å². The van der Waals surface area contributed by atoms with Crippen molar-refractivity contribution in [2.24, 2.45) is 0 Å². The van der Waals surface area contributed by atoms with Crippen molar-refractivity contribution in [2.45, 2.75) is 18.4 Å². The van der Waals surface area contributed by atoms with Crippen LogP contribution in [0, 0.1) is 10.5 Å². The van der Waals surface area contributed by atoms with Gasteiger partial charge in [0.05, 0.1) is 4.90 Å². The fraction of sp³-hybridized carbons (Fsp3) is 0.130. The maximum Gasteiger partial charge on any atom is 0.257 e. The van der Waals surface area contributed by atoms with Crippen LogP contribution in [0.1, 0.15) is 21.5 Å². The Kier molecular flexibility index (Phi) is 7.99. The Morgan fingerprint density at radius 3 is 2.31 bits per heavy atom. The maximum atomic E-state index is 12.8. The number of carbonyl (C=O) groups is 1. The molecule has 0 aliphatic heterocycles. The van der Waals surface area contributed by atoms with Gasteiger partial charge in [-0.1, -0.05) is 36.4 Å². The van der Waals surface area contributed by atoms with Gasteiger partial charge in [-0.15, -0.1) is 0 Å². The minimum Gasteiger partial charge on any atom is -0.332 e. The van der Waals surface area contributed by atoms with Gasteiger partial charge in [-0.25, -0.2) is 8.42 Å². The number of nitrogens with one attached hydrogen (secondary N) is 2. The lowest BCUT2D eigenvalue weighted by molar-refractivity contribution is 0.0977. The van der Waals surface area contributed by atoms with Crippen molar-refractivity contribution in [3.05, 3.63) is 93.1 Å². The molecular weight excluding hydrogens is 557 g/mol. The third-order valence-corrected chi connectivity index (χ3v) is 7.91. The zero-order valence-corrected chi connectivity index (χ0v) is 21.3. The molecule has 3 aromatic carbocycles. The quantitative estimate of drug-likeness (QED) is 0.331. The van der Waals surface area contributed by atoms with Crippen LogP contribution in [0.2, 0.25) is 0 Å². The summed E-state index contributed by atoms with van der Waals surface area (Å²) in [6, 6.07) is 21.0. The van der Waals surface area contributed by atoms with Crippen LogP contribution in [0.25, 0.3) is 0 Å². The molecule has 0 saturated heterocycles. The second kappa shape index (κ2) is 10.5. The van der Waals surface area contributed by atoms with Gasteiger partial charge in [-0.2, -0.15) is 4.31 Å². The summed E-state index contributed by atoms with van der Waals surface area (Å²) in [7, 11) is -2.10. The van der Waals surface area contributed by atoms with E-state index in [1.807, 2.05) is 43.3 Å². The van der Waals surface area contributed by atoms with E-state index in [1.165, 1.54) is 16.4 Å². The first-order valence-electron chi connectivity index (χ1n) is 9.65. The lowest BCUT2D eigenvalue weighted by atomic mass is 10.1. The van der Waals surface area contributed by atoms with Gasteiger partial charge in [0.1, 0.15) is 0 Å². The van der Waals surface area contributed by atoms with E-state index in [1.54, 1.807) is 31.3 Å². The molecule has 9 heteroatoms. The Morgan fingerprint density at radius 1 is 1.03 bits per heavy atom. The minimum absolute atomic E-state index is 0.127. The Hall–Kier alpha value is -2.34. The Labute approximate surface area is 207 Å². The van der Waals surface area contributed by atoms with E-state index in [9.17, 15) is 13.2 Å². The molecule has 0 atom stereocenters. The second-order valence-corrected chi connectivity index (χ2v) is 10.8. The third-order valence-electron chi connectivity index (χ3n) is 4.73. The molecule has 2 N–H and O–H groups in total. The highest BCUT2D eigenvalue weighted by molar-refractivity contribution is 14.1. The number of halogens is 1. The molecule has 0 unspecified atom stereocenters. The number of amides is 1. The number of sulfonamides is 1. The van der Waals surface area contributed by atoms with Crippen LogP contribution in [-0.2, 0) is 16.6 Å². The van der Waals surface area contributed by atoms with Gasteiger partial charge in [0.25, 0.3) is 5.91 Å². The predicted octanol–water partition coefficient (Wildman–Crippen LogP) is 4.55. The second-order valence-electron chi connectivity index (χ2n) is 7.14. The zero-order chi connectivity index (χ0) is 23.3. The first kappa shape index (κ1) is 24.3. The fourth-order valence-electron chi connectivity index (χ4n) is 2.89. The summed E-state index contributed by atoms with van der Waals surface area (Å²) < 4.78 is 28.0. The molecule has 6 nitrogen and oxygen atoms in total. The van der Waals surface area contributed by atoms with Crippen molar-refractivity contribution in [3.8, 4) is 0 Å². The fourth-order valence-corrected chi connectivity index (χ4v) is 4.77. The predicted molar refractivity (Wildman–Crippen MR) is 139 cm³/mol. The van der Waals surface area contributed by atoms with Crippen molar-refractivity contribution >= 4 is 61.5 Å². The van der Waals surface area contributed by atoms with E-state index in [4.69, 9.17) is 12.2 Å². The number of aryl methyl sites for hydroxylation is 1. The molecule has 0 saturated carbocycles. The number of hydrogen-bond donors (Lipinski definition) is 2. The molecule has 3 aromatic rings. The molecule has 166 valence electrons. The molecule has 0 aromatic heterocycles. The molecule has 0 heterocycles. The van der Waals surface area contributed by atoms with Crippen molar-refractivity contribution < 1.29 is 13.2 Å². The zero-order valence-electron chi connectivity index (χ0n) is 17.5. The molecule has 3 rings (SSSR count). The summed E-state index contributed by atoms with van der Waals surface area (Å²) in [6.07, 6.45) is 0. The largest absolute Gasteiger partial charge is 0.332 e. The molecule has 0 aliphatic carbocycles. The van der Waals surface area contributed by atoms with E-state index < -0.39 is 10.0 Å². The molecule has 1 amide bonds. The molecular formula is C23H22IN3O3S2. The summed E-state index contributed by atoms with van der Waals surface area (Å²) in [6.45, 7) is 2.25. The van der Waals surface area contributed by atoms with Crippen molar-refractivity contribution in [2.75, 3.05) is 12.4 Å². The normalized spacial score (nSPS) is 11.2. The number of carbonyl (C=O) groups excluding carboxylic acids is 1. The average Bonchev–Trinajstić information content (AvgIpc) is 2.76. The summed E-state index contributed by atoms with van der Waals surface area (Å²) >= 11 is 7.39. The van der Waals surface area contributed by atoms with Crippen LogP contribution in [-0.4, -0.2) is 30.8 Å². The van der Waals surface area contributed by atoms with Crippen molar-refractivity contribution in [1.82, 2.24) is 9.62 Å². The van der Waals surface area contributed by atoms with E-state index in [0.29, 0.717) is 11.3 Å². The van der Waals surface area contributed by atoms with E-state index in [2.05, 4.69) is 33.2 Å². The third kappa shape index (κ3) is 6.12. The van der Waals surface area contributed by atoms with E-state index >= 15 is 0 Å². The van der Waals surface area contributed by atoms with Gasteiger partial charge < -0.3 is 5.32 Å². The molecule has 0 fully saturated rings. The standard InChI is InChI=1S/C23H22IN3O3S2/c1-16-8-9-18(14-21(16)24)22(28)26-23(31)25-19-10-12-20(13-11-19)32(29,30)27(2)15-17-6-4-3-5-7-17/h3-14H,15H2,1-2H3,(H2,25,26,28,31). The minimum atomic E-state index is -3.64. The molecule has 0 radical (unpaired) electrons. The van der Waals surface area contributed by atoms with E-state index in [-0.39, 0.29) is 22.5 Å². The number of rotatable bonds is 6.